The summed E-state index contributed by atoms with van der Waals surface area (Å²) in [6.07, 6.45) is -1.50. The number of carboxylic acids is 1. The molecule has 1 heterocycles. The molecule has 2 amide bonds. The zero-order valence-electron chi connectivity index (χ0n) is 18.6. The van der Waals surface area contributed by atoms with Gasteiger partial charge in [-0.2, -0.15) is 0 Å². The van der Waals surface area contributed by atoms with E-state index in [0.717, 1.165) is 22.3 Å². The molecule has 0 radical (unpaired) electrons. The van der Waals surface area contributed by atoms with Gasteiger partial charge in [-0.05, 0) is 29.2 Å². The van der Waals surface area contributed by atoms with Crippen molar-refractivity contribution in [2.75, 3.05) is 13.2 Å². The number of nitrogens with zero attached hydrogens (tertiary/aromatic N) is 1. The molecule has 0 aromatic heterocycles. The van der Waals surface area contributed by atoms with Crippen LogP contribution in [0.15, 0.2) is 48.5 Å². The van der Waals surface area contributed by atoms with Crippen molar-refractivity contribution in [3.8, 4) is 11.1 Å². The third-order valence-corrected chi connectivity index (χ3v) is 6.68. The molecule has 1 fully saturated rings. The minimum atomic E-state index is -1.15. The normalized spacial score (nSPS) is 21.1. The van der Waals surface area contributed by atoms with Gasteiger partial charge in [0.25, 0.3) is 0 Å². The van der Waals surface area contributed by atoms with Crippen molar-refractivity contribution in [1.29, 1.82) is 0 Å². The van der Waals surface area contributed by atoms with Gasteiger partial charge in [-0.25, -0.2) is 9.59 Å². The first kappa shape index (κ1) is 22.8. The first-order valence-electron chi connectivity index (χ1n) is 11.1. The second-order valence-corrected chi connectivity index (χ2v) is 8.78. The average molecular weight is 453 g/mol. The van der Waals surface area contributed by atoms with Crippen molar-refractivity contribution in [2.45, 2.75) is 44.4 Å². The number of likely N-dealkylation sites (tertiary alicyclic amines) is 1. The lowest BCUT2D eigenvalue weighted by atomic mass is 9.98. The Morgan fingerprint density at radius 3 is 2.21 bits per heavy atom. The zero-order valence-corrected chi connectivity index (χ0v) is 18.6. The standard InChI is InChI=1S/C25H28N2O6/c1-14(23(29)27-12-16(28)11-22(27)24(30)31)15(2)26-25(32)33-13-21-19-9-5-3-7-17(19)18-8-4-6-10-20(18)21/h3-10,14-16,21-22,28H,11-13H2,1-2H3,(H,26,32)(H,30,31)/t14?,15?,16-,22-/m0/s1. The van der Waals surface area contributed by atoms with Crippen LogP contribution in [0, 0.1) is 5.92 Å². The van der Waals surface area contributed by atoms with E-state index in [1.165, 1.54) is 4.90 Å². The fourth-order valence-corrected chi connectivity index (χ4v) is 4.72. The van der Waals surface area contributed by atoms with Crippen molar-refractivity contribution in [1.82, 2.24) is 10.2 Å². The molecule has 2 aromatic rings. The summed E-state index contributed by atoms with van der Waals surface area (Å²) in [6, 6.07) is 14.4. The first-order chi connectivity index (χ1) is 15.8. The molecule has 8 heteroatoms. The monoisotopic (exact) mass is 452 g/mol. The van der Waals surface area contributed by atoms with Gasteiger partial charge in [-0.3, -0.25) is 4.79 Å². The fraction of sp³-hybridized carbons (Fsp3) is 0.400. The van der Waals surface area contributed by atoms with E-state index in [0.29, 0.717) is 0 Å². The molecule has 1 aliphatic heterocycles. The quantitative estimate of drug-likeness (QED) is 0.620. The molecule has 2 aliphatic rings. The fourth-order valence-electron chi connectivity index (χ4n) is 4.72. The number of carbonyl (C=O) groups is 3. The van der Waals surface area contributed by atoms with E-state index in [1.807, 2.05) is 36.4 Å². The van der Waals surface area contributed by atoms with E-state index in [1.54, 1.807) is 13.8 Å². The maximum atomic E-state index is 12.8. The number of ether oxygens (including phenoxy) is 1. The third-order valence-electron chi connectivity index (χ3n) is 6.68. The molecule has 0 bridgehead atoms. The maximum absolute atomic E-state index is 12.8. The lowest BCUT2D eigenvalue weighted by Crippen LogP contribution is -2.49. The van der Waals surface area contributed by atoms with Crippen molar-refractivity contribution >= 4 is 18.0 Å². The topological polar surface area (TPSA) is 116 Å². The van der Waals surface area contributed by atoms with Gasteiger partial charge in [-0.1, -0.05) is 55.5 Å². The number of hydrogen-bond donors (Lipinski definition) is 3. The highest BCUT2D eigenvalue weighted by atomic mass is 16.5. The second-order valence-electron chi connectivity index (χ2n) is 8.78. The van der Waals surface area contributed by atoms with E-state index in [-0.39, 0.29) is 25.5 Å². The smallest absolute Gasteiger partial charge is 0.407 e. The highest BCUT2D eigenvalue weighted by Gasteiger charge is 2.41. The van der Waals surface area contributed by atoms with Crippen LogP contribution in [0.4, 0.5) is 4.79 Å². The number of β-amino-alcohol motifs (C(OH)–C–C–N with tert-alkyl or cyclic N) is 1. The van der Waals surface area contributed by atoms with Crippen LogP contribution in [-0.2, 0) is 14.3 Å². The minimum Gasteiger partial charge on any atom is -0.480 e. The molecule has 0 saturated carbocycles. The molecule has 174 valence electrons. The number of carboxylic acid groups (broad SMARTS) is 1. The average Bonchev–Trinajstić information content (AvgIpc) is 3.35. The van der Waals surface area contributed by atoms with E-state index >= 15 is 0 Å². The number of nitrogens with one attached hydrogen (secondary N) is 1. The Kier molecular flexibility index (Phi) is 6.37. The number of aliphatic hydroxyl groups is 1. The largest absolute Gasteiger partial charge is 0.480 e. The summed E-state index contributed by atoms with van der Waals surface area (Å²) < 4.78 is 5.53. The summed E-state index contributed by atoms with van der Waals surface area (Å²) in [5.41, 5.74) is 4.48. The minimum absolute atomic E-state index is 0.00197. The molecule has 4 atom stereocenters. The highest BCUT2D eigenvalue weighted by Crippen LogP contribution is 2.44. The molecular formula is C25H28N2O6. The second kappa shape index (κ2) is 9.23. The van der Waals surface area contributed by atoms with Gasteiger partial charge in [-0.15, -0.1) is 0 Å². The van der Waals surface area contributed by atoms with Gasteiger partial charge < -0.3 is 25.2 Å². The Balaban J connectivity index is 1.36. The van der Waals surface area contributed by atoms with Gasteiger partial charge in [0.05, 0.1) is 12.0 Å². The van der Waals surface area contributed by atoms with Crippen LogP contribution in [-0.4, -0.2) is 64.4 Å². The van der Waals surface area contributed by atoms with Crippen LogP contribution in [0.1, 0.15) is 37.3 Å². The van der Waals surface area contributed by atoms with Gasteiger partial charge in [0.2, 0.25) is 5.91 Å². The van der Waals surface area contributed by atoms with Crippen molar-refractivity contribution in [3.63, 3.8) is 0 Å². The number of alkyl carbamates (subject to hydrolysis) is 1. The molecule has 0 spiro atoms. The highest BCUT2D eigenvalue weighted by molar-refractivity contribution is 5.86. The number of hydrogen-bond acceptors (Lipinski definition) is 5. The number of fused-ring (bicyclic) bond motifs is 3. The summed E-state index contributed by atoms with van der Waals surface area (Å²) in [4.78, 5) is 37.9. The molecule has 2 aromatic carbocycles. The van der Waals surface area contributed by atoms with Gasteiger partial charge in [0.15, 0.2) is 0 Å². The van der Waals surface area contributed by atoms with Crippen LogP contribution in [0.25, 0.3) is 11.1 Å². The predicted molar refractivity (Wildman–Crippen MR) is 121 cm³/mol. The molecular weight excluding hydrogens is 424 g/mol. The van der Waals surface area contributed by atoms with E-state index in [4.69, 9.17) is 4.74 Å². The van der Waals surface area contributed by atoms with Gasteiger partial charge in [0.1, 0.15) is 12.6 Å². The van der Waals surface area contributed by atoms with E-state index in [9.17, 15) is 24.6 Å². The third kappa shape index (κ3) is 4.43. The maximum Gasteiger partial charge on any atom is 0.407 e. The number of amides is 2. The molecule has 2 unspecified atom stereocenters. The Bertz CT molecular complexity index is 1020. The van der Waals surface area contributed by atoms with Crippen molar-refractivity contribution < 1.29 is 29.3 Å². The summed E-state index contributed by atoms with van der Waals surface area (Å²) in [5, 5.41) is 21.8. The Hall–Kier alpha value is -3.39. The van der Waals surface area contributed by atoms with E-state index in [2.05, 4.69) is 17.4 Å². The zero-order chi connectivity index (χ0) is 23.7. The van der Waals surface area contributed by atoms with Gasteiger partial charge >= 0.3 is 12.1 Å². The van der Waals surface area contributed by atoms with Crippen LogP contribution < -0.4 is 5.32 Å². The van der Waals surface area contributed by atoms with E-state index < -0.39 is 42.1 Å². The molecule has 3 N–H and O–H groups in total. The Labute approximate surface area is 192 Å². The number of benzene rings is 2. The lowest BCUT2D eigenvalue weighted by molar-refractivity contribution is -0.150. The number of aliphatic hydroxyl groups excluding tert-OH is 1. The SMILES string of the molecule is CC(NC(=O)OCC1c2ccccc2-c2ccccc21)C(C)C(=O)N1C[C@@H](O)C[C@H]1C(=O)O. The van der Waals surface area contributed by atoms with Crippen molar-refractivity contribution in [2.24, 2.45) is 5.92 Å². The predicted octanol–water partition coefficient (Wildman–Crippen LogP) is 2.60. The summed E-state index contributed by atoms with van der Waals surface area (Å²) in [5.74, 6) is -2.33. The Morgan fingerprint density at radius 1 is 1.06 bits per heavy atom. The summed E-state index contributed by atoms with van der Waals surface area (Å²) in [7, 11) is 0. The molecule has 1 aliphatic carbocycles. The number of rotatable bonds is 6. The Morgan fingerprint density at radius 2 is 1.64 bits per heavy atom. The summed E-state index contributed by atoms with van der Waals surface area (Å²) in [6.45, 7) is 3.43. The number of aliphatic carboxylic acids is 1. The van der Waals surface area contributed by atoms with Crippen LogP contribution in [0.3, 0.4) is 0 Å². The molecule has 1 saturated heterocycles. The van der Waals surface area contributed by atoms with Gasteiger partial charge in [0, 0.05) is 24.9 Å². The van der Waals surface area contributed by atoms with Crippen LogP contribution in [0.5, 0.6) is 0 Å². The molecule has 4 rings (SSSR count). The van der Waals surface area contributed by atoms with Crippen molar-refractivity contribution in [3.05, 3.63) is 59.7 Å². The summed E-state index contributed by atoms with van der Waals surface area (Å²) >= 11 is 0. The number of carbonyl (C=O) groups excluding carboxylic acids is 2. The lowest BCUT2D eigenvalue weighted by Gasteiger charge is -2.28. The first-order valence-corrected chi connectivity index (χ1v) is 11.1. The van der Waals surface area contributed by atoms with Crippen LogP contribution in [0.2, 0.25) is 0 Å². The molecule has 33 heavy (non-hydrogen) atoms. The molecule has 8 nitrogen and oxygen atoms in total. The van der Waals surface area contributed by atoms with Crippen LogP contribution >= 0.6 is 0 Å².